The van der Waals surface area contributed by atoms with Gasteiger partial charge in [-0.1, -0.05) is 23.7 Å². The number of amides is 1. The highest BCUT2D eigenvalue weighted by Crippen LogP contribution is 2.18. The van der Waals surface area contributed by atoms with Crippen LogP contribution in [0.5, 0.6) is 0 Å². The minimum Gasteiger partial charge on any atom is -0.356 e. The topological polar surface area (TPSA) is 42.0 Å². The van der Waals surface area contributed by atoms with E-state index in [1.807, 2.05) is 24.3 Å². The number of hydrogen-bond donors (Lipinski definition) is 1. The molecule has 2 aromatic rings. The Morgan fingerprint density at radius 3 is 2.88 bits per heavy atom. The molecule has 0 radical (unpaired) electrons. The molecule has 1 N–H and O–H groups in total. The van der Waals surface area contributed by atoms with Gasteiger partial charge < -0.3 is 5.32 Å². The van der Waals surface area contributed by atoms with Crippen molar-refractivity contribution in [2.24, 2.45) is 0 Å². The summed E-state index contributed by atoms with van der Waals surface area (Å²) in [6.45, 7) is 0. The van der Waals surface area contributed by atoms with Crippen molar-refractivity contribution in [3.63, 3.8) is 0 Å². The molecule has 1 aromatic carbocycles. The minimum absolute atomic E-state index is 0.155. The van der Waals surface area contributed by atoms with Crippen LogP contribution >= 0.6 is 11.6 Å². The lowest BCUT2D eigenvalue weighted by Gasteiger charge is -1.99. The van der Waals surface area contributed by atoms with Gasteiger partial charge in [0.25, 0.3) is 0 Å². The molecule has 86 valence electrons. The number of nitrogens with zero attached hydrogens (tertiary/aromatic N) is 1. The summed E-state index contributed by atoms with van der Waals surface area (Å²) in [7, 11) is 1.58. The van der Waals surface area contributed by atoms with Gasteiger partial charge in [0.15, 0.2) is 0 Å². The molecular weight excluding hydrogens is 236 g/mol. The molecule has 0 aliphatic carbocycles. The first-order chi connectivity index (χ1) is 8.19. The second kappa shape index (κ2) is 4.97. The van der Waals surface area contributed by atoms with E-state index in [2.05, 4.69) is 10.3 Å². The fourth-order valence-electron chi connectivity index (χ4n) is 1.44. The summed E-state index contributed by atoms with van der Waals surface area (Å²) in [6.07, 6.45) is 3.11. The molecule has 0 unspecified atom stereocenters. The van der Waals surface area contributed by atoms with Crippen LogP contribution in [0.25, 0.3) is 17.0 Å². The van der Waals surface area contributed by atoms with Crippen molar-refractivity contribution in [2.75, 3.05) is 7.05 Å². The Bertz CT molecular complexity index is 593. The summed E-state index contributed by atoms with van der Waals surface area (Å²) >= 11 is 5.90. The maximum Gasteiger partial charge on any atom is 0.243 e. The van der Waals surface area contributed by atoms with Gasteiger partial charge in [-0.05, 0) is 24.3 Å². The quantitative estimate of drug-likeness (QED) is 0.828. The molecule has 0 atom stereocenters. The van der Waals surface area contributed by atoms with E-state index in [1.165, 1.54) is 6.08 Å². The van der Waals surface area contributed by atoms with E-state index in [0.717, 1.165) is 16.6 Å². The average molecular weight is 247 g/mol. The van der Waals surface area contributed by atoms with Crippen molar-refractivity contribution in [3.05, 3.63) is 47.1 Å². The number of hydrogen-bond acceptors (Lipinski definition) is 2. The zero-order chi connectivity index (χ0) is 12.3. The van der Waals surface area contributed by atoms with E-state index in [0.29, 0.717) is 5.02 Å². The summed E-state index contributed by atoms with van der Waals surface area (Å²) in [6, 6.07) is 9.34. The average Bonchev–Trinajstić information content (AvgIpc) is 2.35. The van der Waals surface area contributed by atoms with Gasteiger partial charge in [0, 0.05) is 23.5 Å². The first kappa shape index (κ1) is 11.6. The predicted molar refractivity (Wildman–Crippen MR) is 69.9 cm³/mol. The third-order valence-corrected chi connectivity index (χ3v) is 2.56. The standard InChI is InChI=1S/C13H11ClN2O/c1-15-13(17)7-6-11-5-3-9-2-4-10(14)8-12(9)16-11/h2-8H,1H3,(H,15,17)/b7-6+. The second-order valence-electron chi connectivity index (χ2n) is 3.52. The summed E-state index contributed by atoms with van der Waals surface area (Å²) in [5, 5.41) is 4.18. The molecule has 0 aliphatic rings. The first-order valence-corrected chi connectivity index (χ1v) is 5.53. The van der Waals surface area contributed by atoms with E-state index in [4.69, 9.17) is 11.6 Å². The Kier molecular flexibility index (Phi) is 3.40. The molecule has 0 aliphatic heterocycles. The molecule has 3 nitrogen and oxygen atoms in total. The van der Waals surface area contributed by atoms with Gasteiger partial charge >= 0.3 is 0 Å². The fraction of sp³-hybridized carbons (Fsp3) is 0.0769. The predicted octanol–water partition coefficient (Wildman–Crippen LogP) is 2.65. The summed E-state index contributed by atoms with van der Waals surface area (Å²) < 4.78 is 0. The lowest BCUT2D eigenvalue weighted by Crippen LogP contribution is -2.13. The molecular formula is C13H11ClN2O. The Balaban J connectivity index is 2.37. The maximum atomic E-state index is 11.1. The molecule has 0 spiro atoms. The minimum atomic E-state index is -0.155. The van der Waals surface area contributed by atoms with Gasteiger partial charge in [0.2, 0.25) is 5.91 Å². The number of nitrogens with one attached hydrogen (secondary N) is 1. The molecule has 0 saturated carbocycles. The number of halogens is 1. The Labute approximate surface area is 104 Å². The lowest BCUT2D eigenvalue weighted by molar-refractivity contribution is -0.115. The molecule has 1 aromatic heterocycles. The molecule has 1 amide bonds. The molecule has 17 heavy (non-hydrogen) atoms. The molecule has 0 bridgehead atoms. The number of benzene rings is 1. The van der Waals surface area contributed by atoms with Gasteiger partial charge in [-0.3, -0.25) is 4.79 Å². The van der Waals surface area contributed by atoms with Crippen LogP contribution in [0, 0.1) is 0 Å². The Morgan fingerprint density at radius 1 is 1.35 bits per heavy atom. The van der Waals surface area contributed by atoms with Crippen LogP contribution in [-0.4, -0.2) is 17.9 Å². The number of fused-ring (bicyclic) bond motifs is 1. The van der Waals surface area contributed by atoms with Crippen molar-refractivity contribution in [1.82, 2.24) is 10.3 Å². The van der Waals surface area contributed by atoms with Crippen molar-refractivity contribution in [3.8, 4) is 0 Å². The highest BCUT2D eigenvalue weighted by Gasteiger charge is 1.97. The number of likely N-dealkylation sites (N-methyl/N-ethyl adjacent to an activating group) is 1. The van der Waals surface area contributed by atoms with E-state index < -0.39 is 0 Å². The number of aromatic nitrogens is 1. The SMILES string of the molecule is CNC(=O)/C=C/c1ccc2ccc(Cl)cc2n1. The van der Waals surface area contributed by atoms with Crippen LogP contribution < -0.4 is 5.32 Å². The monoisotopic (exact) mass is 246 g/mol. The number of pyridine rings is 1. The fourth-order valence-corrected chi connectivity index (χ4v) is 1.61. The highest BCUT2D eigenvalue weighted by molar-refractivity contribution is 6.31. The molecule has 0 saturated heterocycles. The molecule has 0 fully saturated rings. The van der Waals surface area contributed by atoms with Crippen LogP contribution in [0.3, 0.4) is 0 Å². The van der Waals surface area contributed by atoms with Crippen molar-refractivity contribution in [2.45, 2.75) is 0 Å². The van der Waals surface area contributed by atoms with Gasteiger partial charge in [-0.25, -0.2) is 4.98 Å². The highest BCUT2D eigenvalue weighted by atomic mass is 35.5. The summed E-state index contributed by atoms with van der Waals surface area (Å²) in [5.74, 6) is -0.155. The van der Waals surface area contributed by atoms with Crippen LogP contribution in [0.2, 0.25) is 5.02 Å². The van der Waals surface area contributed by atoms with Gasteiger partial charge in [-0.15, -0.1) is 0 Å². The number of carbonyl (C=O) groups excluding carboxylic acids is 1. The normalized spacial score (nSPS) is 10.9. The van der Waals surface area contributed by atoms with Crippen molar-refractivity contribution < 1.29 is 4.79 Å². The number of carbonyl (C=O) groups is 1. The van der Waals surface area contributed by atoms with E-state index in [1.54, 1.807) is 19.2 Å². The van der Waals surface area contributed by atoms with Crippen LogP contribution in [0.15, 0.2) is 36.4 Å². The van der Waals surface area contributed by atoms with Crippen LogP contribution in [-0.2, 0) is 4.79 Å². The van der Waals surface area contributed by atoms with Crippen LogP contribution in [0.4, 0.5) is 0 Å². The van der Waals surface area contributed by atoms with Crippen LogP contribution in [0.1, 0.15) is 5.69 Å². The lowest BCUT2D eigenvalue weighted by atomic mass is 10.2. The molecule has 1 heterocycles. The van der Waals surface area contributed by atoms with Gasteiger partial charge in [-0.2, -0.15) is 0 Å². The second-order valence-corrected chi connectivity index (χ2v) is 3.96. The third-order valence-electron chi connectivity index (χ3n) is 2.33. The number of rotatable bonds is 2. The smallest absolute Gasteiger partial charge is 0.243 e. The zero-order valence-corrected chi connectivity index (χ0v) is 10.0. The van der Waals surface area contributed by atoms with Crippen molar-refractivity contribution >= 4 is 34.5 Å². The van der Waals surface area contributed by atoms with Crippen molar-refractivity contribution in [1.29, 1.82) is 0 Å². The summed E-state index contributed by atoms with van der Waals surface area (Å²) in [5.41, 5.74) is 1.54. The van der Waals surface area contributed by atoms with E-state index in [-0.39, 0.29) is 5.91 Å². The Hall–Kier alpha value is -1.87. The first-order valence-electron chi connectivity index (χ1n) is 5.15. The van der Waals surface area contributed by atoms with E-state index in [9.17, 15) is 4.79 Å². The largest absolute Gasteiger partial charge is 0.356 e. The maximum absolute atomic E-state index is 11.1. The van der Waals surface area contributed by atoms with Gasteiger partial charge in [0.05, 0.1) is 11.2 Å². The molecule has 4 heteroatoms. The molecule has 2 rings (SSSR count). The Morgan fingerprint density at radius 2 is 2.12 bits per heavy atom. The zero-order valence-electron chi connectivity index (χ0n) is 9.27. The third kappa shape index (κ3) is 2.82. The summed E-state index contributed by atoms with van der Waals surface area (Å²) in [4.78, 5) is 15.4. The van der Waals surface area contributed by atoms with E-state index >= 15 is 0 Å². The van der Waals surface area contributed by atoms with Gasteiger partial charge in [0.1, 0.15) is 0 Å².